The van der Waals surface area contributed by atoms with Crippen LogP contribution in [0.4, 0.5) is 0 Å². The molecule has 0 radical (unpaired) electrons. The van der Waals surface area contributed by atoms with Crippen LogP contribution in [0.1, 0.15) is 18.3 Å². The maximum Gasteiger partial charge on any atom is 0.0503 e. The van der Waals surface area contributed by atoms with Gasteiger partial charge >= 0.3 is 0 Å². The summed E-state index contributed by atoms with van der Waals surface area (Å²) in [7, 11) is 0. The Morgan fingerprint density at radius 3 is 2.70 bits per heavy atom. The quantitative estimate of drug-likeness (QED) is 0.642. The Bertz CT molecular complexity index is 191. The second-order valence-corrected chi connectivity index (χ2v) is 2.45. The van der Waals surface area contributed by atoms with Crippen LogP contribution in [-0.2, 0) is 12.2 Å². The molecule has 54 valence electrons. The summed E-state index contributed by atoms with van der Waals surface area (Å²) in [6, 6.07) is 6.05. The first kappa shape index (κ1) is 7.61. The molecule has 0 saturated heterocycles. The van der Waals surface area contributed by atoms with Crippen molar-refractivity contribution < 1.29 is 0 Å². The van der Waals surface area contributed by atoms with Crippen LogP contribution in [0.5, 0.6) is 0 Å². The number of thiol groups is 1. The Kier molecular flexibility index (Phi) is 2.75. The van der Waals surface area contributed by atoms with Crippen LogP contribution in [0.3, 0.4) is 0 Å². The van der Waals surface area contributed by atoms with Gasteiger partial charge in [-0.1, -0.05) is 13.0 Å². The lowest BCUT2D eigenvalue weighted by Gasteiger charge is -1.97. The molecule has 0 amide bonds. The van der Waals surface area contributed by atoms with Crippen molar-refractivity contribution in [2.45, 2.75) is 19.1 Å². The van der Waals surface area contributed by atoms with Gasteiger partial charge in [0, 0.05) is 11.4 Å². The number of hydrogen-bond donors (Lipinski definition) is 1. The molecule has 1 heterocycles. The standard InChI is InChI=1S/C8H11NS/c1-2-7-4-3-5-8(6-10)9-7/h3-5,10H,2,6H2,1H3. The number of hydrogen-bond acceptors (Lipinski definition) is 2. The number of nitrogens with zero attached hydrogens (tertiary/aromatic N) is 1. The topological polar surface area (TPSA) is 12.9 Å². The van der Waals surface area contributed by atoms with E-state index in [1.165, 1.54) is 0 Å². The van der Waals surface area contributed by atoms with Gasteiger partial charge in [0.2, 0.25) is 0 Å². The highest BCUT2D eigenvalue weighted by Gasteiger charge is 1.91. The molecule has 0 aliphatic carbocycles. The fraction of sp³-hybridized carbons (Fsp3) is 0.375. The summed E-state index contributed by atoms with van der Waals surface area (Å²) in [6.45, 7) is 2.10. The van der Waals surface area contributed by atoms with Crippen LogP contribution in [0.15, 0.2) is 18.2 Å². The molecule has 0 atom stereocenters. The van der Waals surface area contributed by atoms with Crippen molar-refractivity contribution >= 4 is 12.6 Å². The Morgan fingerprint density at radius 2 is 2.10 bits per heavy atom. The molecule has 0 bridgehead atoms. The summed E-state index contributed by atoms with van der Waals surface area (Å²) >= 11 is 4.13. The molecule has 0 aliphatic rings. The second kappa shape index (κ2) is 3.62. The minimum Gasteiger partial charge on any atom is -0.257 e. The third-order valence-electron chi connectivity index (χ3n) is 1.39. The van der Waals surface area contributed by atoms with Crippen molar-refractivity contribution in [2.24, 2.45) is 0 Å². The van der Waals surface area contributed by atoms with Gasteiger partial charge in [0.05, 0.1) is 5.69 Å². The zero-order valence-corrected chi connectivity index (χ0v) is 6.94. The minimum atomic E-state index is 0.730. The molecular weight excluding hydrogens is 142 g/mol. The van der Waals surface area contributed by atoms with Gasteiger partial charge in [0.15, 0.2) is 0 Å². The first-order valence-electron chi connectivity index (χ1n) is 3.42. The molecule has 0 spiro atoms. The first-order valence-corrected chi connectivity index (χ1v) is 4.05. The van der Waals surface area contributed by atoms with Crippen LogP contribution >= 0.6 is 12.6 Å². The monoisotopic (exact) mass is 153 g/mol. The van der Waals surface area contributed by atoms with Crippen LogP contribution in [0, 0.1) is 0 Å². The van der Waals surface area contributed by atoms with E-state index in [1.54, 1.807) is 0 Å². The third-order valence-corrected chi connectivity index (χ3v) is 1.71. The molecule has 1 rings (SSSR count). The number of rotatable bonds is 2. The van der Waals surface area contributed by atoms with E-state index in [4.69, 9.17) is 0 Å². The molecule has 1 nitrogen and oxygen atoms in total. The first-order chi connectivity index (χ1) is 4.86. The highest BCUT2D eigenvalue weighted by Crippen LogP contribution is 2.01. The minimum absolute atomic E-state index is 0.730. The lowest BCUT2D eigenvalue weighted by atomic mass is 10.3. The van der Waals surface area contributed by atoms with Crippen molar-refractivity contribution in [1.29, 1.82) is 0 Å². The molecule has 1 aromatic heterocycles. The lowest BCUT2D eigenvalue weighted by molar-refractivity contribution is 1.00. The average molecular weight is 153 g/mol. The third kappa shape index (κ3) is 1.74. The molecule has 0 unspecified atom stereocenters. The Labute approximate surface area is 66.9 Å². The normalized spacial score (nSPS) is 9.80. The fourth-order valence-corrected chi connectivity index (χ4v) is 0.990. The summed E-state index contributed by atoms with van der Waals surface area (Å²) in [5.74, 6) is 0.730. The van der Waals surface area contributed by atoms with Crippen LogP contribution in [0.25, 0.3) is 0 Å². The number of aryl methyl sites for hydroxylation is 1. The molecule has 2 heteroatoms. The molecular formula is C8H11NS. The van der Waals surface area contributed by atoms with Crippen molar-refractivity contribution in [2.75, 3.05) is 0 Å². The summed E-state index contributed by atoms with van der Waals surface area (Å²) in [6.07, 6.45) is 1.00. The molecule has 10 heavy (non-hydrogen) atoms. The Morgan fingerprint density at radius 1 is 1.40 bits per heavy atom. The average Bonchev–Trinajstić information content (AvgIpc) is 2.05. The maximum absolute atomic E-state index is 4.33. The molecule has 0 aromatic carbocycles. The lowest BCUT2D eigenvalue weighted by Crippen LogP contribution is -1.90. The van der Waals surface area contributed by atoms with Crippen molar-refractivity contribution in [3.05, 3.63) is 29.6 Å². The van der Waals surface area contributed by atoms with Gasteiger partial charge in [0.1, 0.15) is 0 Å². The summed E-state index contributed by atoms with van der Waals surface area (Å²) in [5.41, 5.74) is 2.20. The molecule has 1 aromatic rings. The van der Waals surface area contributed by atoms with Gasteiger partial charge in [-0.15, -0.1) is 0 Å². The van der Waals surface area contributed by atoms with Crippen LogP contribution in [0.2, 0.25) is 0 Å². The highest BCUT2D eigenvalue weighted by atomic mass is 32.1. The molecule has 0 fully saturated rings. The smallest absolute Gasteiger partial charge is 0.0503 e. The van der Waals surface area contributed by atoms with Gasteiger partial charge < -0.3 is 0 Å². The zero-order valence-electron chi connectivity index (χ0n) is 6.04. The van der Waals surface area contributed by atoms with Gasteiger partial charge in [-0.2, -0.15) is 12.6 Å². The van der Waals surface area contributed by atoms with E-state index in [9.17, 15) is 0 Å². The predicted molar refractivity (Wildman–Crippen MR) is 46.3 cm³/mol. The van der Waals surface area contributed by atoms with Gasteiger partial charge in [-0.25, -0.2) is 0 Å². The molecule has 0 saturated carbocycles. The molecule has 0 N–H and O–H groups in total. The fourth-order valence-electron chi connectivity index (χ4n) is 0.814. The van der Waals surface area contributed by atoms with Gasteiger partial charge in [-0.05, 0) is 18.6 Å². The Balaban J connectivity index is 2.87. The van der Waals surface area contributed by atoms with Crippen LogP contribution in [-0.4, -0.2) is 4.98 Å². The van der Waals surface area contributed by atoms with Crippen LogP contribution < -0.4 is 0 Å². The second-order valence-electron chi connectivity index (χ2n) is 2.13. The maximum atomic E-state index is 4.33. The Hall–Kier alpha value is -0.500. The molecule has 0 aliphatic heterocycles. The largest absolute Gasteiger partial charge is 0.257 e. The van der Waals surface area contributed by atoms with E-state index in [1.807, 2.05) is 18.2 Å². The predicted octanol–water partition coefficient (Wildman–Crippen LogP) is 2.07. The van der Waals surface area contributed by atoms with E-state index in [2.05, 4.69) is 24.5 Å². The van der Waals surface area contributed by atoms with E-state index < -0.39 is 0 Å². The summed E-state index contributed by atoms with van der Waals surface area (Å²) in [4.78, 5) is 4.33. The zero-order chi connectivity index (χ0) is 7.40. The van der Waals surface area contributed by atoms with Crippen molar-refractivity contribution in [1.82, 2.24) is 4.98 Å². The van der Waals surface area contributed by atoms with E-state index in [0.29, 0.717) is 0 Å². The van der Waals surface area contributed by atoms with E-state index in [0.717, 1.165) is 23.6 Å². The highest BCUT2D eigenvalue weighted by molar-refractivity contribution is 7.79. The van der Waals surface area contributed by atoms with E-state index >= 15 is 0 Å². The number of pyridine rings is 1. The summed E-state index contributed by atoms with van der Waals surface area (Å²) < 4.78 is 0. The number of aromatic nitrogens is 1. The van der Waals surface area contributed by atoms with Crippen molar-refractivity contribution in [3.8, 4) is 0 Å². The SMILES string of the molecule is CCc1cccc(CS)n1. The van der Waals surface area contributed by atoms with E-state index in [-0.39, 0.29) is 0 Å². The van der Waals surface area contributed by atoms with Crippen molar-refractivity contribution in [3.63, 3.8) is 0 Å². The van der Waals surface area contributed by atoms with Gasteiger partial charge in [-0.3, -0.25) is 4.98 Å². The van der Waals surface area contributed by atoms with Gasteiger partial charge in [0.25, 0.3) is 0 Å². The summed E-state index contributed by atoms with van der Waals surface area (Å²) in [5, 5.41) is 0.